The van der Waals surface area contributed by atoms with E-state index in [1.54, 1.807) is 45.2 Å². The van der Waals surface area contributed by atoms with E-state index in [1.807, 2.05) is 30.3 Å². The molecule has 1 aliphatic carbocycles. The Bertz CT molecular complexity index is 1240. The Morgan fingerprint density at radius 3 is 2.05 bits per heavy atom. The lowest BCUT2D eigenvalue weighted by Crippen LogP contribution is -2.57. The highest BCUT2D eigenvalue weighted by molar-refractivity contribution is 5.98. The highest BCUT2D eigenvalue weighted by Crippen LogP contribution is 2.29. The fourth-order valence-electron chi connectivity index (χ4n) is 5.19. The summed E-state index contributed by atoms with van der Waals surface area (Å²) in [5, 5.41) is 18.2. The Balaban J connectivity index is 1.48. The van der Waals surface area contributed by atoms with Crippen molar-refractivity contribution in [1.82, 2.24) is 16.0 Å². The number of epoxide rings is 1. The number of nitrogens with one attached hydrogen (secondary N) is 3. The van der Waals surface area contributed by atoms with E-state index in [9.17, 15) is 24.3 Å². The summed E-state index contributed by atoms with van der Waals surface area (Å²) in [4.78, 5) is 53.1. The summed E-state index contributed by atoms with van der Waals surface area (Å²) in [5.41, 5.74) is 0.704. The molecule has 1 heterocycles. The number of hydrogen-bond acceptors (Lipinski definition) is 7. The maximum atomic E-state index is 13.7. The minimum Gasteiger partial charge on any atom is -0.497 e. The number of aliphatic hydroxyl groups is 1. The molecule has 4 atom stereocenters. The Morgan fingerprint density at radius 2 is 1.45 bits per heavy atom. The van der Waals surface area contributed by atoms with Gasteiger partial charge in [0, 0.05) is 12.3 Å². The summed E-state index contributed by atoms with van der Waals surface area (Å²) in [6, 6.07) is 13.8. The zero-order valence-corrected chi connectivity index (χ0v) is 24.4. The van der Waals surface area contributed by atoms with Crippen LogP contribution in [0, 0.1) is 5.92 Å². The molecule has 4 rings (SSSR count). The number of carbonyl (C=O) groups is 4. The van der Waals surface area contributed by atoms with Crippen LogP contribution < -0.4 is 20.7 Å². The minimum atomic E-state index is -1.02. The van der Waals surface area contributed by atoms with Gasteiger partial charge >= 0.3 is 0 Å². The van der Waals surface area contributed by atoms with Crippen molar-refractivity contribution in [3.8, 4) is 5.75 Å². The molecule has 4 N–H and O–H groups in total. The first-order valence-corrected chi connectivity index (χ1v) is 14.5. The minimum absolute atomic E-state index is 0.156. The van der Waals surface area contributed by atoms with Crippen LogP contribution in [0.2, 0.25) is 0 Å². The zero-order chi connectivity index (χ0) is 30.3. The first-order chi connectivity index (χ1) is 20.1. The molecule has 2 aromatic rings. The fourth-order valence-corrected chi connectivity index (χ4v) is 5.19. The average molecular weight is 580 g/mol. The van der Waals surface area contributed by atoms with Gasteiger partial charge in [-0.1, -0.05) is 42.5 Å². The molecule has 10 heteroatoms. The van der Waals surface area contributed by atoms with Crippen LogP contribution in [0.1, 0.15) is 50.7 Å². The van der Waals surface area contributed by atoms with E-state index in [1.165, 1.54) is 0 Å². The van der Waals surface area contributed by atoms with E-state index in [0.717, 1.165) is 11.1 Å². The van der Waals surface area contributed by atoms with Gasteiger partial charge in [-0.15, -0.1) is 0 Å². The summed E-state index contributed by atoms with van der Waals surface area (Å²) in [7, 11) is 1.56. The Kier molecular flexibility index (Phi) is 10.3. The second-order valence-electron chi connectivity index (χ2n) is 11.5. The Labute approximate surface area is 246 Å². The second kappa shape index (κ2) is 13.9. The molecule has 1 saturated heterocycles. The second-order valence-corrected chi connectivity index (χ2v) is 11.5. The lowest BCUT2D eigenvalue weighted by molar-refractivity contribution is -0.134. The van der Waals surface area contributed by atoms with Gasteiger partial charge < -0.3 is 30.5 Å². The van der Waals surface area contributed by atoms with Gasteiger partial charge in [-0.25, -0.2) is 0 Å². The number of rotatable bonds is 13. The van der Waals surface area contributed by atoms with Crippen LogP contribution >= 0.6 is 0 Å². The summed E-state index contributed by atoms with van der Waals surface area (Å²) in [5.74, 6) is -1.12. The van der Waals surface area contributed by atoms with Crippen LogP contribution in [0.25, 0.3) is 0 Å². The number of aliphatic hydroxyl groups excluding tert-OH is 1. The lowest BCUT2D eigenvalue weighted by atomic mass is 9.87. The molecule has 0 spiro atoms. The molecule has 10 nitrogen and oxygen atoms in total. The number of hydrogen-bond donors (Lipinski definition) is 4. The van der Waals surface area contributed by atoms with E-state index in [0.29, 0.717) is 31.4 Å². The van der Waals surface area contributed by atoms with Crippen molar-refractivity contribution >= 4 is 23.5 Å². The van der Waals surface area contributed by atoms with E-state index >= 15 is 0 Å². The molecular formula is C32H41N3O7. The molecule has 0 aromatic heterocycles. The number of ketones is 1. The van der Waals surface area contributed by atoms with Gasteiger partial charge in [0.25, 0.3) is 0 Å². The molecule has 226 valence electrons. The van der Waals surface area contributed by atoms with Gasteiger partial charge in [-0.3, -0.25) is 19.2 Å². The molecule has 2 aliphatic rings. The van der Waals surface area contributed by atoms with Gasteiger partial charge in [0.2, 0.25) is 17.7 Å². The van der Waals surface area contributed by atoms with Crippen LogP contribution in [-0.4, -0.2) is 72.2 Å². The van der Waals surface area contributed by atoms with Gasteiger partial charge in [0.15, 0.2) is 5.78 Å². The van der Waals surface area contributed by atoms with E-state index in [-0.39, 0.29) is 37.1 Å². The van der Waals surface area contributed by atoms with Gasteiger partial charge in [-0.2, -0.15) is 0 Å². The van der Waals surface area contributed by atoms with E-state index in [4.69, 9.17) is 9.47 Å². The monoisotopic (exact) mass is 579 g/mol. The van der Waals surface area contributed by atoms with Crippen molar-refractivity contribution in [2.45, 2.75) is 82.2 Å². The summed E-state index contributed by atoms with van der Waals surface area (Å²) < 4.78 is 10.6. The molecule has 1 aliphatic heterocycles. The van der Waals surface area contributed by atoms with Crippen molar-refractivity contribution in [3.63, 3.8) is 0 Å². The number of benzene rings is 2. The van der Waals surface area contributed by atoms with Gasteiger partial charge in [-0.05, 0) is 69.2 Å². The van der Waals surface area contributed by atoms with Crippen LogP contribution in [0.5, 0.6) is 5.75 Å². The topological polar surface area (TPSA) is 146 Å². The fraction of sp³-hybridized carbons (Fsp3) is 0.500. The largest absolute Gasteiger partial charge is 0.497 e. The smallest absolute Gasteiger partial charge is 0.243 e. The maximum absolute atomic E-state index is 13.7. The molecule has 3 amide bonds. The quantitative estimate of drug-likeness (QED) is 0.265. The molecule has 0 bridgehead atoms. The first-order valence-electron chi connectivity index (χ1n) is 14.5. The van der Waals surface area contributed by atoms with Crippen molar-refractivity contribution in [2.24, 2.45) is 5.92 Å². The molecule has 0 unspecified atom stereocenters. The lowest BCUT2D eigenvalue weighted by Gasteiger charge is -2.27. The SMILES string of the molecule is COc1ccc(C[C@H](NC(=O)[C@@H](C)NC(=O)[C@H]2CC[C@H](O)CC2)C(=O)N[C@@H](Cc2ccccc2)C(=O)[C@@]2(C)CO2)cc1. The van der Waals surface area contributed by atoms with Crippen LogP contribution in [-0.2, 0) is 36.8 Å². The van der Waals surface area contributed by atoms with Crippen molar-refractivity contribution < 1.29 is 33.8 Å². The molecule has 2 fully saturated rings. The molecule has 0 radical (unpaired) electrons. The number of ether oxygens (including phenoxy) is 2. The predicted octanol–water partition coefficient (Wildman–Crippen LogP) is 1.86. The normalized spacial score (nSPS) is 23.5. The standard InChI is InChI=1S/C32H41N3O7/c1-20(33-30(39)23-11-13-24(36)14-12-23)29(38)35-27(18-22-9-15-25(41-3)16-10-22)31(40)34-26(28(37)32(2)19-42-32)17-21-7-5-4-6-8-21/h4-10,15-16,20,23-24,26-27,36H,11-14,17-19H2,1-3H3,(H,33,39)(H,34,40)(H,35,38)/t20-,23-,24-,26+,27+,32-/m1/s1. The van der Waals surface area contributed by atoms with Crippen LogP contribution in [0.15, 0.2) is 54.6 Å². The summed E-state index contributed by atoms with van der Waals surface area (Å²) in [6.45, 7) is 3.56. The molecule has 2 aromatic carbocycles. The van der Waals surface area contributed by atoms with E-state index < -0.39 is 41.6 Å². The number of Topliss-reactive ketones (excluding diaryl/α,β-unsaturated/α-hetero) is 1. The highest BCUT2D eigenvalue weighted by Gasteiger charge is 2.50. The third kappa shape index (κ3) is 8.39. The first kappa shape index (κ1) is 31.2. The average Bonchev–Trinajstić information content (AvgIpc) is 3.75. The van der Waals surface area contributed by atoms with E-state index in [2.05, 4.69) is 16.0 Å². The van der Waals surface area contributed by atoms with Crippen molar-refractivity contribution in [1.29, 1.82) is 0 Å². The molecule has 42 heavy (non-hydrogen) atoms. The zero-order valence-electron chi connectivity index (χ0n) is 24.4. The Morgan fingerprint density at radius 1 is 0.881 bits per heavy atom. The summed E-state index contributed by atoms with van der Waals surface area (Å²) >= 11 is 0. The highest BCUT2D eigenvalue weighted by atomic mass is 16.6. The number of amides is 3. The summed E-state index contributed by atoms with van der Waals surface area (Å²) in [6.07, 6.45) is 2.26. The Hall–Kier alpha value is -3.76. The van der Waals surface area contributed by atoms with Crippen molar-refractivity contribution in [3.05, 3.63) is 65.7 Å². The third-order valence-electron chi connectivity index (χ3n) is 8.07. The van der Waals surface area contributed by atoms with Gasteiger partial charge in [0.1, 0.15) is 23.4 Å². The molecule has 1 saturated carbocycles. The number of methoxy groups -OCH3 is 1. The number of carbonyl (C=O) groups excluding carboxylic acids is 4. The van der Waals surface area contributed by atoms with Crippen LogP contribution in [0.3, 0.4) is 0 Å². The maximum Gasteiger partial charge on any atom is 0.243 e. The van der Waals surface area contributed by atoms with Crippen LogP contribution in [0.4, 0.5) is 0 Å². The van der Waals surface area contributed by atoms with Gasteiger partial charge in [0.05, 0.1) is 25.9 Å². The molecular weight excluding hydrogens is 538 g/mol. The van der Waals surface area contributed by atoms with Crippen molar-refractivity contribution in [2.75, 3.05) is 13.7 Å². The third-order valence-corrected chi connectivity index (χ3v) is 8.07. The predicted molar refractivity (Wildman–Crippen MR) is 156 cm³/mol.